The number of nitrogen functional groups attached to an aromatic ring is 1. The molecule has 0 saturated heterocycles. The summed E-state index contributed by atoms with van der Waals surface area (Å²) < 4.78 is 2.19. The summed E-state index contributed by atoms with van der Waals surface area (Å²) in [7, 11) is 0. The lowest BCUT2D eigenvalue weighted by Crippen LogP contribution is -1.92. The van der Waals surface area contributed by atoms with Crippen LogP contribution in [0.5, 0.6) is 0 Å². The van der Waals surface area contributed by atoms with Crippen molar-refractivity contribution in [1.82, 2.24) is 0 Å². The van der Waals surface area contributed by atoms with E-state index >= 15 is 0 Å². The van der Waals surface area contributed by atoms with Crippen molar-refractivity contribution in [2.75, 3.05) is 16.4 Å². The Kier molecular flexibility index (Phi) is 14.2. The minimum absolute atomic E-state index is 0.822. The molecule has 0 aliphatic heterocycles. The van der Waals surface area contributed by atoms with E-state index in [1.54, 1.807) is 0 Å². The van der Waals surface area contributed by atoms with E-state index < -0.39 is 0 Å². The zero-order valence-electron chi connectivity index (χ0n) is 32.3. The van der Waals surface area contributed by atoms with E-state index in [9.17, 15) is 0 Å². The fourth-order valence-corrected chi connectivity index (χ4v) is 7.44. The number of nitrogens with two attached hydrogens (primary N) is 1. The Morgan fingerprint density at radius 1 is 0.271 bits per heavy atom. The lowest BCUT2D eigenvalue weighted by Gasteiger charge is -2.14. The third-order valence-corrected chi connectivity index (χ3v) is 10.4. The molecule has 4 N–H and O–H groups in total. The van der Waals surface area contributed by atoms with Crippen LogP contribution in [0, 0.1) is 0 Å². The highest BCUT2D eigenvalue weighted by molar-refractivity contribution is 9.10. The largest absolute Gasteiger partial charge is 0.399 e. The van der Waals surface area contributed by atoms with Gasteiger partial charge in [-0.25, -0.2) is 0 Å². The van der Waals surface area contributed by atoms with Gasteiger partial charge >= 0.3 is 0 Å². The van der Waals surface area contributed by atoms with Crippen LogP contribution >= 0.6 is 31.9 Å². The third-order valence-electron chi connectivity index (χ3n) is 9.40. The van der Waals surface area contributed by atoms with Crippen LogP contribution in [0.1, 0.15) is 0 Å². The second-order valence-electron chi connectivity index (χ2n) is 13.7. The molecule has 9 rings (SSSR count). The van der Waals surface area contributed by atoms with Gasteiger partial charge in [0.1, 0.15) is 0 Å². The number of anilines is 5. The van der Waals surface area contributed by atoms with E-state index in [1.807, 2.05) is 78.9 Å². The molecule has 9 aromatic carbocycles. The summed E-state index contributed by atoms with van der Waals surface area (Å²) in [4.78, 5) is 0. The van der Waals surface area contributed by atoms with Crippen molar-refractivity contribution in [2.45, 2.75) is 0 Å². The maximum absolute atomic E-state index is 5.36. The summed E-state index contributed by atoms with van der Waals surface area (Å²) in [5.41, 5.74) is 20.2. The zero-order chi connectivity index (χ0) is 40.7. The number of halogens is 2. The van der Waals surface area contributed by atoms with Gasteiger partial charge in [-0.15, -0.1) is 0 Å². The summed E-state index contributed by atoms with van der Waals surface area (Å²) in [6.45, 7) is 0. The Morgan fingerprint density at radius 2 is 0.559 bits per heavy atom. The second-order valence-corrected chi connectivity index (χ2v) is 15.5. The van der Waals surface area contributed by atoms with E-state index in [2.05, 4.69) is 200 Å². The Labute approximate surface area is 364 Å². The van der Waals surface area contributed by atoms with Crippen LogP contribution in [0.25, 0.3) is 44.5 Å². The molecule has 0 aliphatic carbocycles. The van der Waals surface area contributed by atoms with Crippen molar-refractivity contribution in [3.05, 3.63) is 246 Å². The molecule has 0 fully saturated rings. The van der Waals surface area contributed by atoms with Gasteiger partial charge in [-0.1, -0.05) is 184 Å². The Balaban J connectivity index is 0.000000165. The van der Waals surface area contributed by atoms with E-state index in [1.165, 1.54) is 44.5 Å². The van der Waals surface area contributed by atoms with E-state index in [4.69, 9.17) is 5.73 Å². The van der Waals surface area contributed by atoms with E-state index in [-0.39, 0.29) is 0 Å². The van der Waals surface area contributed by atoms with Crippen molar-refractivity contribution >= 4 is 60.3 Å². The van der Waals surface area contributed by atoms with Gasteiger partial charge in [0.05, 0.1) is 0 Å². The smallest absolute Gasteiger partial charge is 0.0390 e. The van der Waals surface area contributed by atoms with Crippen molar-refractivity contribution in [1.29, 1.82) is 0 Å². The Morgan fingerprint density at radius 3 is 0.881 bits per heavy atom. The zero-order valence-corrected chi connectivity index (χ0v) is 35.5. The molecule has 3 nitrogen and oxygen atoms in total. The standard InChI is InChI=1S/C30H24N2.C18H12Br2.C6H7N/c1-3-13-25(14-4-1)31-27-17-9-11-23(21-27)29-19-7-8-20-30(29)24-12-10-18-28(22-24)32-26-15-5-2-6-16-26;19-15-7-3-5-13(11-15)17-9-1-2-10-18(17)14-6-4-8-16(20)12-14;7-6-4-2-1-3-5-6/h1-22,31-32H;1-12H;1-5H,7H2. The van der Waals surface area contributed by atoms with Gasteiger partial charge in [-0.05, 0) is 129 Å². The van der Waals surface area contributed by atoms with Gasteiger partial charge in [-0.3, -0.25) is 0 Å². The number of rotatable bonds is 8. The van der Waals surface area contributed by atoms with Crippen LogP contribution in [0.15, 0.2) is 246 Å². The maximum atomic E-state index is 5.36. The van der Waals surface area contributed by atoms with Gasteiger partial charge in [0.15, 0.2) is 0 Å². The number of hydrogen-bond donors (Lipinski definition) is 3. The van der Waals surface area contributed by atoms with Crippen LogP contribution in [-0.4, -0.2) is 0 Å². The predicted octanol–water partition coefficient (Wildman–Crippen LogP) is 16.3. The summed E-state index contributed by atoms with van der Waals surface area (Å²) in [5, 5.41) is 7.00. The van der Waals surface area contributed by atoms with Gasteiger partial charge in [0.25, 0.3) is 0 Å². The maximum Gasteiger partial charge on any atom is 0.0390 e. The molecule has 0 radical (unpaired) electrons. The SMILES string of the molecule is Brc1cccc(-c2ccccc2-c2cccc(Br)c2)c1.Nc1ccccc1.c1ccc(Nc2cccc(-c3ccccc3-c3cccc(Nc4ccccc4)c3)c2)cc1. The van der Waals surface area contributed by atoms with Crippen molar-refractivity contribution < 1.29 is 0 Å². The number of hydrogen-bond acceptors (Lipinski definition) is 3. The lowest BCUT2D eigenvalue weighted by atomic mass is 9.94. The van der Waals surface area contributed by atoms with Gasteiger partial charge in [-0.2, -0.15) is 0 Å². The first kappa shape index (κ1) is 40.5. The van der Waals surface area contributed by atoms with E-state index in [0.717, 1.165) is 37.4 Å². The molecule has 0 spiro atoms. The molecule has 0 aliphatic rings. The minimum Gasteiger partial charge on any atom is -0.399 e. The van der Waals surface area contributed by atoms with Crippen molar-refractivity contribution in [3.8, 4) is 44.5 Å². The number of para-hydroxylation sites is 3. The van der Waals surface area contributed by atoms with Crippen LogP contribution < -0.4 is 16.4 Å². The molecular formula is C54H43Br2N3. The molecule has 0 heterocycles. The molecular weight excluding hydrogens is 850 g/mol. The first-order valence-electron chi connectivity index (χ1n) is 19.3. The van der Waals surface area contributed by atoms with E-state index in [0.29, 0.717) is 0 Å². The molecule has 0 amide bonds. The molecule has 0 aromatic heterocycles. The topological polar surface area (TPSA) is 50.1 Å². The quantitative estimate of drug-likeness (QED) is 0.133. The molecule has 59 heavy (non-hydrogen) atoms. The summed E-state index contributed by atoms with van der Waals surface area (Å²) in [6.07, 6.45) is 0. The Hall–Kier alpha value is -6.66. The van der Waals surface area contributed by atoms with Crippen LogP contribution in [0.2, 0.25) is 0 Å². The van der Waals surface area contributed by atoms with Crippen LogP contribution in [-0.2, 0) is 0 Å². The third kappa shape index (κ3) is 11.7. The summed E-state index contributed by atoms with van der Waals surface area (Å²) in [6, 6.07) is 81.0. The number of nitrogens with one attached hydrogen (secondary N) is 2. The monoisotopic (exact) mass is 891 g/mol. The predicted molar refractivity (Wildman–Crippen MR) is 260 cm³/mol. The highest BCUT2D eigenvalue weighted by atomic mass is 79.9. The Bertz CT molecular complexity index is 2530. The fourth-order valence-electron chi connectivity index (χ4n) is 6.64. The molecule has 0 bridgehead atoms. The van der Waals surface area contributed by atoms with Crippen molar-refractivity contribution in [2.24, 2.45) is 0 Å². The average Bonchev–Trinajstić information content (AvgIpc) is 3.28. The lowest BCUT2D eigenvalue weighted by molar-refractivity contribution is 1.52. The van der Waals surface area contributed by atoms with Gasteiger partial charge in [0.2, 0.25) is 0 Å². The first-order chi connectivity index (χ1) is 29.0. The highest BCUT2D eigenvalue weighted by Crippen LogP contribution is 2.36. The molecule has 9 aromatic rings. The van der Waals surface area contributed by atoms with Crippen LogP contribution in [0.4, 0.5) is 28.4 Å². The molecule has 5 heteroatoms. The molecule has 0 unspecified atom stereocenters. The van der Waals surface area contributed by atoms with Crippen molar-refractivity contribution in [3.63, 3.8) is 0 Å². The number of benzene rings is 9. The molecule has 0 saturated carbocycles. The summed E-state index contributed by atoms with van der Waals surface area (Å²) in [5.74, 6) is 0. The minimum atomic E-state index is 0.822. The molecule has 288 valence electrons. The van der Waals surface area contributed by atoms with Gasteiger partial charge in [0, 0.05) is 37.4 Å². The molecule has 0 atom stereocenters. The fraction of sp³-hybridized carbons (Fsp3) is 0. The highest BCUT2D eigenvalue weighted by Gasteiger charge is 2.10. The summed E-state index contributed by atoms with van der Waals surface area (Å²) >= 11 is 7.09. The van der Waals surface area contributed by atoms with Gasteiger partial charge < -0.3 is 16.4 Å². The normalized spacial score (nSPS) is 10.3. The van der Waals surface area contributed by atoms with Crippen LogP contribution in [0.3, 0.4) is 0 Å². The average molecular weight is 894 g/mol. The first-order valence-corrected chi connectivity index (χ1v) is 20.9. The second kappa shape index (κ2) is 20.7.